The van der Waals surface area contributed by atoms with Gasteiger partial charge >= 0.3 is 6.03 Å². The van der Waals surface area contributed by atoms with Crippen LogP contribution in [0, 0.1) is 0 Å². The molecule has 0 saturated carbocycles. The van der Waals surface area contributed by atoms with Crippen molar-refractivity contribution in [3.05, 3.63) is 18.3 Å². The number of sulfonamides is 1. The maximum atomic E-state index is 12.5. The number of nitrogens with zero attached hydrogens (tertiary/aromatic N) is 3. The number of hydrogen-bond donors (Lipinski definition) is 1. The van der Waals surface area contributed by atoms with E-state index >= 15 is 0 Å². The van der Waals surface area contributed by atoms with Gasteiger partial charge in [0.2, 0.25) is 15.9 Å². The Kier molecular flexibility index (Phi) is 5.30. The lowest BCUT2D eigenvalue weighted by molar-refractivity contribution is -0.126. The minimum atomic E-state index is -3.49. The van der Waals surface area contributed by atoms with Crippen LogP contribution in [0.15, 0.2) is 28.3 Å². The van der Waals surface area contributed by atoms with E-state index in [-0.39, 0.29) is 16.8 Å². The third-order valence-electron chi connectivity index (χ3n) is 4.18. The molecule has 0 unspecified atom stereocenters. The van der Waals surface area contributed by atoms with E-state index in [0.717, 1.165) is 12.8 Å². The van der Waals surface area contributed by atoms with E-state index in [4.69, 9.17) is 0 Å². The van der Waals surface area contributed by atoms with Crippen LogP contribution in [-0.2, 0) is 14.8 Å². The number of carbonyl (C=O) groups is 2. The smallest absolute Gasteiger partial charge is 0.324 e. The standard InChI is InChI=1S/C15H20N4O4S2/c1-11(14(20)19-9-6-16-15(19)21)24-13-5-4-12(10-17-13)25(22,23)18-7-2-3-8-18/h4-5,10-11H,2-3,6-9H2,1H3,(H,16,21)/t11-/m0/s1. The predicted molar refractivity (Wildman–Crippen MR) is 92.7 cm³/mol. The molecule has 8 nitrogen and oxygen atoms in total. The Morgan fingerprint density at radius 3 is 2.56 bits per heavy atom. The molecule has 2 saturated heterocycles. The Morgan fingerprint density at radius 2 is 2.00 bits per heavy atom. The second-order valence-corrected chi connectivity index (χ2v) is 9.22. The molecule has 2 aliphatic heterocycles. The second-order valence-electron chi connectivity index (χ2n) is 5.93. The van der Waals surface area contributed by atoms with Crippen LogP contribution in [0.3, 0.4) is 0 Å². The van der Waals surface area contributed by atoms with Crippen molar-refractivity contribution in [2.75, 3.05) is 26.2 Å². The van der Waals surface area contributed by atoms with Gasteiger partial charge in [-0.15, -0.1) is 0 Å². The Bertz CT molecular complexity index is 760. The van der Waals surface area contributed by atoms with Crippen molar-refractivity contribution in [2.24, 2.45) is 0 Å². The van der Waals surface area contributed by atoms with Gasteiger partial charge in [0, 0.05) is 32.4 Å². The summed E-state index contributed by atoms with van der Waals surface area (Å²) >= 11 is 1.20. The van der Waals surface area contributed by atoms with Crippen LogP contribution >= 0.6 is 11.8 Å². The molecule has 0 aliphatic carbocycles. The number of hydrogen-bond acceptors (Lipinski definition) is 6. The predicted octanol–water partition coefficient (Wildman–Crippen LogP) is 0.898. The van der Waals surface area contributed by atoms with Crippen LogP contribution in [0.1, 0.15) is 19.8 Å². The monoisotopic (exact) mass is 384 g/mol. The van der Waals surface area contributed by atoms with E-state index < -0.39 is 15.3 Å². The highest BCUT2D eigenvalue weighted by Gasteiger charge is 2.31. The quantitative estimate of drug-likeness (QED) is 0.757. The van der Waals surface area contributed by atoms with E-state index in [2.05, 4.69) is 10.3 Å². The van der Waals surface area contributed by atoms with Crippen molar-refractivity contribution in [2.45, 2.75) is 34.9 Å². The molecule has 10 heteroatoms. The molecular weight excluding hydrogens is 364 g/mol. The van der Waals surface area contributed by atoms with Gasteiger partial charge in [-0.25, -0.2) is 18.2 Å². The largest absolute Gasteiger partial charge is 0.336 e. The van der Waals surface area contributed by atoms with Crippen molar-refractivity contribution in [1.29, 1.82) is 0 Å². The van der Waals surface area contributed by atoms with E-state index in [1.807, 2.05) is 0 Å². The molecule has 0 bridgehead atoms. The third-order valence-corrected chi connectivity index (χ3v) is 7.10. The maximum Gasteiger partial charge on any atom is 0.324 e. The molecule has 136 valence electrons. The average Bonchev–Trinajstić information content (AvgIpc) is 3.26. The molecule has 3 heterocycles. The first-order chi connectivity index (χ1) is 11.9. The molecule has 2 aliphatic rings. The highest BCUT2D eigenvalue weighted by molar-refractivity contribution is 8.00. The van der Waals surface area contributed by atoms with Gasteiger partial charge in [-0.3, -0.25) is 9.69 Å². The molecule has 2 fully saturated rings. The molecule has 3 amide bonds. The van der Waals surface area contributed by atoms with Gasteiger partial charge in [-0.1, -0.05) is 11.8 Å². The molecule has 1 N–H and O–H groups in total. The Labute approximate surface area is 151 Å². The van der Waals surface area contributed by atoms with Gasteiger partial charge in [0.25, 0.3) is 0 Å². The number of aromatic nitrogens is 1. The molecule has 0 radical (unpaired) electrons. The van der Waals surface area contributed by atoms with E-state index in [9.17, 15) is 18.0 Å². The van der Waals surface area contributed by atoms with E-state index in [0.29, 0.717) is 31.2 Å². The fourth-order valence-corrected chi connectivity index (χ4v) is 5.11. The SMILES string of the molecule is C[C@H](Sc1ccc(S(=O)(=O)N2CCCC2)cn1)C(=O)N1CCNC1=O. The summed E-state index contributed by atoms with van der Waals surface area (Å²) in [4.78, 5) is 29.3. The first-order valence-corrected chi connectivity index (χ1v) is 10.4. The lowest BCUT2D eigenvalue weighted by Gasteiger charge is -2.17. The molecule has 1 aromatic rings. The number of carbonyl (C=O) groups excluding carboxylic acids is 2. The van der Waals surface area contributed by atoms with Crippen molar-refractivity contribution in [3.63, 3.8) is 0 Å². The zero-order valence-corrected chi connectivity index (χ0v) is 15.5. The molecule has 0 aromatic carbocycles. The van der Waals surface area contributed by atoms with E-state index in [1.54, 1.807) is 13.0 Å². The minimum absolute atomic E-state index is 0.164. The summed E-state index contributed by atoms with van der Waals surface area (Å²) in [5.74, 6) is -0.282. The summed E-state index contributed by atoms with van der Waals surface area (Å²) in [5, 5.41) is 2.64. The van der Waals surface area contributed by atoms with Gasteiger partial charge < -0.3 is 5.32 Å². The summed E-state index contributed by atoms with van der Waals surface area (Å²) < 4.78 is 26.4. The van der Waals surface area contributed by atoms with Crippen LogP contribution in [0.2, 0.25) is 0 Å². The highest BCUT2D eigenvalue weighted by atomic mass is 32.2. The fourth-order valence-electron chi connectivity index (χ4n) is 2.80. The van der Waals surface area contributed by atoms with Crippen molar-refractivity contribution in [1.82, 2.24) is 19.5 Å². The van der Waals surface area contributed by atoms with E-state index in [1.165, 1.54) is 33.2 Å². The third kappa shape index (κ3) is 3.80. The number of pyridine rings is 1. The number of amides is 3. The summed E-state index contributed by atoms with van der Waals surface area (Å²) in [5.41, 5.74) is 0. The molecular formula is C15H20N4O4S2. The van der Waals surface area contributed by atoms with Gasteiger partial charge in [-0.05, 0) is 31.9 Å². The normalized spacial score (nSPS) is 19.9. The van der Waals surface area contributed by atoms with Crippen LogP contribution in [0.25, 0.3) is 0 Å². The Morgan fingerprint density at radius 1 is 1.28 bits per heavy atom. The second kappa shape index (κ2) is 7.30. The van der Waals surface area contributed by atoms with Crippen molar-refractivity contribution in [3.8, 4) is 0 Å². The zero-order chi connectivity index (χ0) is 18.0. The number of thioether (sulfide) groups is 1. The van der Waals surface area contributed by atoms with Crippen molar-refractivity contribution >= 4 is 33.7 Å². The number of urea groups is 1. The molecule has 3 rings (SSSR count). The van der Waals surface area contributed by atoms with Gasteiger partial charge in [0.05, 0.1) is 10.3 Å². The highest BCUT2D eigenvalue weighted by Crippen LogP contribution is 2.26. The number of rotatable bonds is 5. The first-order valence-electron chi connectivity index (χ1n) is 8.11. The summed E-state index contributed by atoms with van der Waals surface area (Å²) in [6.07, 6.45) is 3.09. The first kappa shape index (κ1) is 18.2. The number of nitrogens with one attached hydrogen (secondary N) is 1. The average molecular weight is 384 g/mol. The van der Waals surface area contributed by atoms with Gasteiger partial charge in [0.1, 0.15) is 4.90 Å². The summed E-state index contributed by atoms with van der Waals surface area (Å²) in [6.45, 7) is 3.62. The van der Waals surface area contributed by atoms with Crippen LogP contribution in [0.5, 0.6) is 0 Å². The molecule has 1 aromatic heterocycles. The topological polar surface area (TPSA) is 99.7 Å². The maximum absolute atomic E-state index is 12.5. The Balaban J connectivity index is 1.66. The molecule has 25 heavy (non-hydrogen) atoms. The molecule has 0 spiro atoms. The fraction of sp³-hybridized carbons (Fsp3) is 0.533. The van der Waals surface area contributed by atoms with Crippen LogP contribution in [-0.4, -0.2) is 66.0 Å². The summed E-state index contributed by atoms with van der Waals surface area (Å²) in [7, 11) is -3.49. The van der Waals surface area contributed by atoms with Crippen LogP contribution < -0.4 is 5.32 Å². The summed E-state index contributed by atoms with van der Waals surface area (Å²) in [6, 6.07) is 2.74. The van der Waals surface area contributed by atoms with Crippen LogP contribution in [0.4, 0.5) is 4.79 Å². The lowest BCUT2D eigenvalue weighted by Crippen LogP contribution is -2.38. The van der Waals surface area contributed by atoms with Crippen molar-refractivity contribution < 1.29 is 18.0 Å². The molecule has 1 atom stereocenters. The minimum Gasteiger partial charge on any atom is -0.336 e. The van der Waals surface area contributed by atoms with Gasteiger partial charge in [0.15, 0.2) is 0 Å². The van der Waals surface area contributed by atoms with Gasteiger partial charge in [-0.2, -0.15) is 4.31 Å². The Hall–Kier alpha value is -1.65. The number of imide groups is 1. The lowest BCUT2D eigenvalue weighted by atomic mass is 10.4. The zero-order valence-electron chi connectivity index (χ0n) is 13.8.